The largest absolute Gasteiger partial charge is 0.398 e. The highest BCUT2D eigenvalue weighted by molar-refractivity contribution is 5.46. The van der Waals surface area contributed by atoms with Gasteiger partial charge >= 0.3 is 0 Å². The van der Waals surface area contributed by atoms with Crippen molar-refractivity contribution in [2.75, 3.05) is 12.8 Å². The standard InChI is InChI=1S/C17H28N2O/c1-13(2)19(12-14-7-4-5-10-17(14)18)15-8-6-9-16(11-15)20-3/h4-5,7,10,13,15-16H,6,8-9,11-12,18H2,1-3H3. The highest BCUT2D eigenvalue weighted by atomic mass is 16.5. The Bertz CT molecular complexity index is 419. The van der Waals surface area contributed by atoms with Gasteiger partial charge in [-0.15, -0.1) is 0 Å². The van der Waals surface area contributed by atoms with Crippen LogP contribution in [0.5, 0.6) is 0 Å². The molecule has 3 nitrogen and oxygen atoms in total. The van der Waals surface area contributed by atoms with Crippen molar-refractivity contribution in [3.8, 4) is 0 Å². The second kappa shape index (κ2) is 7.09. The molecule has 0 heterocycles. The highest BCUT2D eigenvalue weighted by Crippen LogP contribution is 2.28. The van der Waals surface area contributed by atoms with Gasteiger partial charge in [-0.3, -0.25) is 4.90 Å². The van der Waals surface area contributed by atoms with Crippen LogP contribution in [0.2, 0.25) is 0 Å². The Morgan fingerprint density at radius 1 is 1.30 bits per heavy atom. The fraction of sp³-hybridized carbons (Fsp3) is 0.647. The quantitative estimate of drug-likeness (QED) is 0.837. The average Bonchev–Trinajstić information content (AvgIpc) is 2.46. The zero-order valence-corrected chi connectivity index (χ0v) is 13.0. The topological polar surface area (TPSA) is 38.5 Å². The number of hydrogen-bond acceptors (Lipinski definition) is 3. The summed E-state index contributed by atoms with van der Waals surface area (Å²) in [5.41, 5.74) is 8.24. The molecular formula is C17H28N2O. The van der Waals surface area contributed by atoms with Crippen molar-refractivity contribution in [3.05, 3.63) is 29.8 Å². The lowest BCUT2D eigenvalue weighted by Gasteiger charge is -2.39. The molecule has 1 aliphatic carbocycles. The molecule has 1 aliphatic rings. The van der Waals surface area contributed by atoms with Crippen molar-refractivity contribution in [2.45, 2.75) is 64.3 Å². The minimum Gasteiger partial charge on any atom is -0.398 e. The van der Waals surface area contributed by atoms with Gasteiger partial charge in [-0.05, 0) is 51.2 Å². The molecule has 1 fully saturated rings. The molecule has 0 radical (unpaired) electrons. The van der Waals surface area contributed by atoms with Crippen LogP contribution in [-0.2, 0) is 11.3 Å². The first-order valence-corrected chi connectivity index (χ1v) is 7.73. The molecular weight excluding hydrogens is 248 g/mol. The molecule has 1 aromatic rings. The second-order valence-corrected chi connectivity index (χ2v) is 6.14. The third-order valence-electron chi connectivity index (χ3n) is 4.47. The zero-order valence-electron chi connectivity index (χ0n) is 13.0. The van der Waals surface area contributed by atoms with E-state index in [4.69, 9.17) is 10.5 Å². The molecule has 2 rings (SSSR count). The van der Waals surface area contributed by atoms with Gasteiger partial charge in [0, 0.05) is 31.4 Å². The normalized spacial score (nSPS) is 23.4. The molecule has 2 unspecified atom stereocenters. The fourth-order valence-corrected chi connectivity index (χ4v) is 3.24. The van der Waals surface area contributed by atoms with Gasteiger partial charge in [0.2, 0.25) is 0 Å². The summed E-state index contributed by atoms with van der Waals surface area (Å²) in [5, 5.41) is 0. The summed E-state index contributed by atoms with van der Waals surface area (Å²) in [6.45, 7) is 5.48. The zero-order chi connectivity index (χ0) is 14.5. The fourth-order valence-electron chi connectivity index (χ4n) is 3.24. The third-order valence-corrected chi connectivity index (χ3v) is 4.47. The van der Waals surface area contributed by atoms with E-state index >= 15 is 0 Å². The predicted octanol–water partition coefficient (Wildman–Crippen LogP) is 3.44. The van der Waals surface area contributed by atoms with Crippen molar-refractivity contribution in [1.29, 1.82) is 0 Å². The summed E-state index contributed by atoms with van der Waals surface area (Å²) in [6, 6.07) is 9.33. The van der Waals surface area contributed by atoms with Gasteiger partial charge in [-0.2, -0.15) is 0 Å². The van der Waals surface area contributed by atoms with E-state index in [9.17, 15) is 0 Å². The van der Waals surface area contributed by atoms with E-state index in [2.05, 4.69) is 30.9 Å². The van der Waals surface area contributed by atoms with Gasteiger partial charge < -0.3 is 10.5 Å². The first-order valence-electron chi connectivity index (χ1n) is 7.73. The number of benzene rings is 1. The number of anilines is 1. The number of nitrogens with two attached hydrogens (primary N) is 1. The molecule has 0 spiro atoms. The molecule has 2 N–H and O–H groups in total. The van der Waals surface area contributed by atoms with Crippen molar-refractivity contribution in [2.24, 2.45) is 0 Å². The lowest BCUT2D eigenvalue weighted by molar-refractivity contribution is 0.0158. The summed E-state index contributed by atoms with van der Waals surface area (Å²) in [6.07, 6.45) is 5.29. The van der Waals surface area contributed by atoms with Crippen LogP contribution in [0.3, 0.4) is 0 Å². The summed E-state index contributed by atoms with van der Waals surface area (Å²) < 4.78 is 5.57. The van der Waals surface area contributed by atoms with Crippen molar-refractivity contribution >= 4 is 5.69 Å². The monoisotopic (exact) mass is 276 g/mol. The van der Waals surface area contributed by atoms with Crippen molar-refractivity contribution < 1.29 is 4.74 Å². The summed E-state index contributed by atoms with van der Waals surface area (Å²) >= 11 is 0. The van der Waals surface area contributed by atoms with Crippen LogP contribution < -0.4 is 5.73 Å². The Kier molecular flexibility index (Phi) is 5.44. The van der Waals surface area contributed by atoms with Gasteiger partial charge in [-0.25, -0.2) is 0 Å². The smallest absolute Gasteiger partial charge is 0.0586 e. The molecule has 0 aromatic heterocycles. The number of nitrogens with zero attached hydrogens (tertiary/aromatic N) is 1. The lowest BCUT2D eigenvalue weighted by Crippen LogP contribution is -2.44. The summed E-state index contributed by atoms with van der Waals surface area (Å²) in [5.74, 6) is 0. The average molecular weight is 276 g/mol. The maximum Gasteiger partial charge on any atom is 0.0586 e. The van der Waals surface area contributed by atoms with Crippen LogP contribution in [0.15, 0.2) is 24.3 Å². The van der Waals surface area contributed by atoms with Crippen LogP contribution >= 0.6 is 0 Å². The molecule has 0 bridgehead atoms. The minimum atomic E-state index is 0.420. The van der Waals surface area contributed by atoms with Crippen molar-refractivity contribution in [3.63, 3.8) is 0 Å². The second-order valence-electron chi connectivity index (χ2n) is 6.14. The van der Waals surface area contributed by atoms with Crippen LogP contribution in [0.4, 0.5) is 5.69 Å². The number of nitrogen functional groups attached to an aromatic ring is 1. The van der Waals surface area contributed by atoms with Crippen LogP contribution in [0, 0.1) is 0 Å². The Morgan fingerprint density at radius 2 is 2.05 bits per heavy atom. The summed E-state index contributed by atoms with van der Waals surface area (Å²) in [7, 11) is 1.84. The number of rotatable bonds is 5. The molecule has 0 aliphatic heterocycles. The Labute approximate surface area is 123 Å². The van der Waals surface area contributed by atoms with Crippen molar-refractivity contribution in [1.82, 2.24) is 4.90 Å². The number of ether oxygens (including phenoxy) is 1. The molecule has 2 atom stereocenters. The number of hydrogen-bond donors (Lipinski definition) is 1. The van der Waals surface area contributed by atoms with E-state index in [-0.39, 0.29) is 0 Å². The van der Waals surface area contributed by atoms with E-state index in [1.54, 1.807) is 0 Å². The molecule has 0 amide bonds. The van der Waals surface area contributed by atoms with Gasteiger partial charge in [-0.1, -0.05) is 18.2 Å². The van der Waals surface area contributed by atoms with E-state index in [0.717, 1.165) is 18.7 Å². The van der Waals surface area contributed by atoms with Gasteiger partial charge in [0.25, 0.3) is 0 Å². The maximum atomic E-state index is 6.10. The van der Waals surface area contributed by atoms with E-state index in [1.165, 1.54) is 24.8 Å². The molecule has 1 aromatic carbocycles. The molecule has 1 saturated carbocycles. The minimum absolute atomic E-state index is 0.420. The van der Waals surface area contributed by atoms with Gasteiger partial charge in [0.1, 0.15) is 0 Å². The summed E-state index contributed by atoms with van der Waals surface area (Å²) in [4.78, 5) is 2.58. The number of para-hydroxylation sites is 1. The first kappa shape index (κ1) is 15.3. The maximum absolute atomic E-state index is 6.10. The first-order chi connectivity index (χ1) is 9.61. The molecule has 0 saturated heterocycles. The van der Waals surface area contributed by atoms with Crippen LogP contribution in [0.1, 0.15) is 45.1 Å². The molecule has 20 heavy (non-hydrogen) atoms. The van der Waals surface area contributed by atoms with E-state index < -0.39 is 0 Å². The number of methoxy groups -OCH3 is 1. The molecule has 112 valence electrons. The van der Waals surface area contributed by atoms with E-state index in [0.29, 0.717) is 18.2 Å². The Balaban J connectivity index is 2.09. The van der Waals surface area contributed by atoms with Gasteiger partial charge in [0.05, 0.1) is 6.10 Å². The van der Waals surface area contributed by atoms with Gasteiger partial charge in [0.15, 0.2) is 0 Å². The van der Waals surface area contributed by atoms with E-state index in [1.807, 2.05) is 19.2 Å². The Morgan fingerprint density at radius 3 is 2.70 bits per heavy atom. The SMILES string of the molecule is COC1CCCC(N(Cc2ccccc2N)C(C)C)C1. The highest BCUT2D eigenvalue weighted by Gasteiger charge is 2.28. The third kappa shape index (κ3) is 3.74. The molecule has 3 heteroatoms. The van der Waals surface area contributed by atoms with Crippen LogP contribution in [0.25, 0.3) is 0 Å². The Hall–Kier alpha value is -1.06. The predicted molar refractivity (Wildman–Crippen MR) is 84.6 cm³/mol. The lowest BCUT2D eigenvalue weighted by atomic mass is 9.90. The van der Waals surface area contributed by atoms with Crippen LogP contribution in [-0.4, -0.2) is 30.2 Å².